The van der Waals surface area contributed by atoms with Crippen LogP contribution >= 0.6 is 34.2 Å². The first-order valence-electron chi connectivity index (χ1n) is 6.23. The molecule has 0 saturated carbocycles. The van der Waals surface area contributed by atoms with Crippen molar-refractivity contribution >= 4 is 39.8 Å². The molecule has 0 aliphatic rings. The summed E-state index contributed by atoms with van der Waals surface area (Å²) in [6.07, 6.45) is 3.86. The minimum Gasteiger partial charge on any atom is -0.306 e. The number of rotatable bonds is 2. The third-order valence-electron chi connectivity index (χ3n) is 2.98. The van der Waals surface area contributed by atoms with E-state index in [2.05, 4.69) is 51.4 Å². The van der Waals surface area contributed by atoms with Gasteiger partial charge < -0.3 is 4.40 Å². The Morgan fingerprint density at radius 3 is 2.70 bits per heavy atom. The van der Waals surface area contributed by atoms with Crippen LogP contribution in [-0.2, 0) is 0 Å². The van der Waals surface area contributed by atoms with Gasteiger partial charge in [-0.05, 0) is 40.6 Å². The highest BCUT2D eigenvalue weighted by Crippen LogP contribution is 2.27. The second kappa shape index (κ2) is 5.29. The molecule has 20 heavy (non-hydrogen) atoms. The van der Waals surface area contributed by atoms with Crippen LogP contribution in [0.5, 0.6) is 0 Å². The third kappa shape index (κ3) is 2.40. The van der Waals surface area contributed by atoms with Crippen molar-refractivity contribution in [1.29, 1.82) is 0 Å². The Balaban J connectivity index is 2.18. The van der Waals surface area contributed by atoms with Gasteiger partial charge in [0, 0.05) is 12.4 Å². The maximum absolute atomic E-state index is 6.22. The molecule has 0 aliphatic heterocycles. The van der Waals surface area contributed by atoms with Gasteiger partial charge in [-0.25, -0.2) is 15.0 Å². The average molecular weight is 399 g/mol. The lowest BCUT2D eigenvalue weighted by Gasteiger charge is -2.09. The Morgan fingerprint density at radius 2 is 2.00 bits per heavy atom. The van der Waals surface area contributed by atoms with Crippen LogP contribution in [0, 0.1) is 3.57 Å². The highest BCUT2D eigenvalue weighted by Gasteiger charge is 2.16. The number of halogens is 2. The summed E-state index contributed by atoms with van der Waals surface area (Å²) in [5.41, 5.74) is 2.56. The second-order valence-electron chi connectivity index (χ2n) is 4.78. The first-order valence-corrected chi connectivity index (χ1v) is 7.69. The Bertz CT molecular complexity index is 749. The van der Waals surface area contributed by atoms with E-state index < -0.39 is 0 Å². The van der Waals surface area contributed by atoms with E-state index in [4.69, 9.17) is 11.6 Å². The van der Waals surface area contributed by atoms with E-state index in [1.165, 1.54) is 0 Å². The van der Waals surface area contributed by atoms with Gasteiger partial charge in [0.1, 0.15) is 16.5 Å². The van der Waals surface area contributed by atoms with Gasteiger partial charge in [-0.1, -0.05) is 31.5 Å². The quantitative estimate of drug-likeness (QED) is 0.481. The fourth-order valence-corrected chi connectivity index (χ4v) is 3.02. The second-order valence-corrected chi connectivity index (χ2v) is 6.22. The molecule has 0 fully saturated rings. The number of imidazole rings is 1. The molecular weight excluding hydrogens is 387 g/mol. The van der Waals surface area contributed by atoms with Crippen LogP contribution in [0.2, 0.25) is 5.15 Å². The number of aromatic nitrogens is 4. The molecule has 3 aromatic heterocycles. The van der Waals surface area contributed by atoms with E-state index in [-0.39, 0.29) is 5.92 Å². The zero-order valence-electron chi connectivity index (χ0n) is 11.0. The van der Waals surface area contributed by atoms with Crippen LogP contribution in [-0.4, -0.2) is 19.4 Å². The Labute approximate surface area is 135 Å². The van der Waals surface area contributed by atoms with Crippen molar-refractivity contribution in [1.82, 2.24) is 19.4 Å². The van der Waals surface area contributed by atoms with Gasteiger partial charge in [-0.15, -0.1) is 0 Å². The van der Waals surface area contributed by atoms with Crippen LogP contribution in [0.4, 0.5) is 0 Å². The monoisotopic (exact) mass is 398 g/mol. The van der Waals surface area contributed by atoms with E-state index in [1.54, 1.807) is 0 Å². The van der Waals surface area contributed by atoms with Gasteiger partial charge in [0.05, 0.1) is 9.26 Å². The standard InChI is InChI=1S/C14H12ClIN4/c1-8(2)12-11(16)13(15)19-14(18-12)9-7-20-6-4-3-5-10(20)17-9/h3-8H,1-2H3. The Morgan fingerprint density at radius 1 is 1.20 bits per heavy atom. The lowest BCUT2D eigenvalue weighted by Crippen LogP contribution is -2.02. The van der Waals surface area contributed by atoms with Gasteiger partial charge in [0.15, 0.2) is 5.82 Å². The maximum atomic E-state index is 6.22. The molecule has 0 unspecified atom stereocenters. The van der Waals surface area contributed by atoms with E-state index in [1.807, 2.05) is 35.0 Å². The van der Waals surface area contributed by atoms with Crippen molar-refractivity contribution in [2.75, 3.05) is 0 Å². The number of fused-ring (bicyclic) bond motifs is 1. The maximum Gasteiger partial charge on any atom is 0.181 e. The van der Waals surface area contributed by atoms with Crippen LogP contribution in [0.25, 0.3) is 17.2 Å². The molecule has 3 aromatic rings. The van der Waals surface area contributed by atoms with Gasteiger partial charge in [0.2, 0.25) is 0 Å². The fraction of sp³-hybridized carbons (Fsp3) is 0.214. The summed E-state index contributed by atoms with van der Waals surface area (Å²) in [7, 11) is 0. The number of hydrogen-bond donors (Lipinski definition) is 0. The van der Waals surface area contributed by atoms with Crippen molar-refractivity contribution in [3.63, 3.8) is 0 Å². The first kappa shape index (κ1) is 13.8. The van der Waals surface area contributed by atoms with Gasteiger partial charge in [-0.2, -0.15) is 0 Å². The summed E-state index contributed by atoms with van der Waals surface area (Å²) >= 11 is 8.41. The highest BCUT2D eigenvalue weighted by atomic mass is 127. The molecule has 0 N–H and O–H groups in total. The molecule has 0 aliphatic carbocycles. The molecular formula is C14H12ClIN4. The third-order valence-corrected chi connectivity index (χ3v) is 4.63. The molecule has 3 heterocycles. The molecule has 6 heteroatoms. The molecule has 0 amide bonds. The minimum atomic E-state index is 0.290. The summed E-state index contributed by atoms with van der Waals surface area (Å²) in [6.45, 7) is 4.18. The number of hydrogen-bond acceptors (Lipinski definition) is 3. The van der Waals surface area contributed by atoms with Gasteiger partial charge >= 0.3 is 0 Å². The summed E-state index contributed by atoms with van der Waals surface area (Å²) in [5, 5.41) is 0.483. The van der Waals surface area contributed by atoms with Crippen molar-refractivity contribution in [3.8, 4) is 11.5 Å². The molecule has 4 nitrogen and oxygen atoms in total. The van der Waals surface area contributed by atoms with Crippen molar-refractivity contribution < 1.29 is 0 Å². The van der Waals surface area contributed by atoms with Crippen LogP contribution in [0.3, 0.4) is 0 Å². The Hall–Kier alpha value is -1.21. The Kier molecular flexibility index (Phi) is 3.64. The molecule has 0 aromatic carbocycles. The zero-order chi connectivity index (χ0) is 14.3. The van der Waals surface area contributed by atoms with Crippen molar-refractivity contribution in [2.24, 2.45) is 0 Å². The smallest absolute Gasteiger partial charge is 0.181 e. The van der Waals surface area contributed by atoms with E-state index >= 15 is 0 Å². The van der Waals surface area contributed by atoms with Crippen LogP contribution in [0.1, 0.15) is 25.5 Å². The van der Waals surface area contributed by atoms with Crippen LogP contribution < -0.4 is 0 Å². The summed E-state index contributed by atoms with van der Waals surface area (Å²) in [6, 6.07) is 5.86. The summed E-state index contributed by atoms with van der Waals surface area (Å²) in [5.74, 6) is 0.862. The van der Waals surface area contributed by atoms with Crippen LogP contribution in [0.15, 0.2) is 30.6 Å². The lowest BCUT2D eigenvalue weighted by atomic mass is 10.1. The van der Waals surface area contributed by atoms with E-state index in [0.29, 0.717) is 11.0 Å². The predicted molar refractivity (Wildman–Crippen MR) is 88.0 cm³/mol. The number of nitrogens with zero attached hydrogens (tertiary/aromatic N) is 4. The molecule has 102 valence electrons. The summed E-state index contributed by atoms with van der Waals surface area (Å²) in [4.78, 5) is 13.5. The minimum absolute atomic E-state index is 0.290. The first-order chi connectivity index (χ1) is 9.56. The molecule has 0 bridgehead atoms. The molecule has 0 atom stereocenters. The van der Waals surface area contributed by atoms with Gasteiger partial charge in [-0.3, -0.25) is 0 Å². The number of pyridine rings is 1. The van der Waals surface area contributed by atoms with Crippen molar-refractivity contribution in [2.45, 2.75) is 19.8 Å². The lowest BCUT2D eigenvalue weighted by molar-refractivity contribution is 0.807. The SMILES string of the molecule is CC(C)c1nc(-c2cn3ccccc3n2)nc(Cl)c1I. The highest BCUT2D eigenvalue weighted by molar-refractivity contribution is 14.1. The largest absolute Gasteiger partial charge is 0.306 e. The fourth-order valence-electron chi connectivity index (χ4n) is 1.98. The molecule has 0 radical (unpaired) electrons. The summed E-state index contributed by atoms with van der Waals surface area (Å²) < 4.78 is 2.85. The molecule has 0 saturated heterocycles. The predicted octanol–water partition coefficient (Wildman–Crippen LogP) is 4.17. The average Bonchev–Trinajstić information content (AvgIpc) is 2.85. The molecule has 0 spiro atoms. The molecule has 3 rings (SSSR count). The van der Waals surface area contributed by atoms with E-state index in [0.717, 1.165) is 20.6 Å². The van der Waals surface area contributed by atoms with E-state index in [9.17, 15) is 0 Å². The normalized spacial score (nSPS) is 11.4. The van der Waals surface area contributed by atoms with Crippen molar-refractivity contribution in [3.05, 3.63) is 45.0 Å². The van der Waals surface area contributed by atoms with Gasteiger partial charge in [0.25, 0.3) is 0 Å². The zero-order valence-corrected chi connectivity index (χ0v) is 13.9. The topological polar surface area (TPSA) is 43.1 Å².